The first-order valence-corrected chi connectivity index (χ1v) is 6.00. The molecular weight excluding hydrogens is 262 g/mol. The minimum Gasteiger partial charge on any atom is -0.480 e. The molecule has 1 aromatic rings. The van der Waals surface area contributed by atoms with Crippen LogP contribution in [-0.2, 0) is 9.59 Å². The number of benzene rings is 1. The minimum absolute atomic E-state index is 0.0578. The lowest BCUT2D eigenvalue weighted by Gasteiger charge is -2.15. The van der Waals surface area contributed by atoms with E-state index in [0.717, 1.165) is 0 Å². The Labute approximate surface area is 115 Å². The van der Waals surface area contributed by atoms with E-state index in [4.69, 9.17) is 16.6 Å². The van der Waals surface area contributed by atoms with Crippen LogP contribution in [0.5, 0.6) is 0 Å². The second kappa shape index (κ2) is 6.55. The highest BCUT2D eigenvalue weighted by molar-refractivity contribution is 5.98. The van der Waals surface area contributed by atoms with Gasteiger partial charge >= 0.3 is 5.97 Å². The lowest BCUT2D eigenvalue weighted by atomic mass is 10.1. The maximum atomic E-state index is 12.0. The topological polar surface area (TPSA) is 136 Å². The Morgan fingerprint density at radius 2 is 2.00 bits per heavy atom. The van der Waals surface area contributed by atoms with Crippen molar-refractivity contribution < 1.29 is 19.5 Å². The number of carbonyl (C=O) groups excluding carboxylic acids is 2. The van der Waals surface area contributed by atoms with Gasteiger partial charge in [0.15, 0.2) is 0 Å². The predicted octanol–water partition coefficient (Wildman–Crippen LogP) is 0.0257. The van der Waals surface area contributed by atoms with Crippen molar-refractivity contribution >= 4 is 23.5 Å². The molecule has 0 saturated heterocycles. The van der Waals surface area contributed by atoms with Crippen LogP contribution in [0.1, 0.15) is 28.8 Å². The fraction of sp³-hybridized carbons (Fsp3) is 0.308. The third kappa shape index (κ3) is 3.98. The Morgan fingerprint density at radius 3 is 2.55 bits per heavy atom. The highest BCUT2D eigenvalue weighted by atomic mass is 16.4. The molecule has 0 aromatic heterocycles. The molecule has 20 heavy (non-hydrogen) atoms. The first-order chi connectivity index (χ1) is 9.32. The molecule has 7 nitrogen and oxygen atoms in total. The number of carboxylic acid groups (broad SMARTS) is 1. The van der Waals surface area contributed by atoms with Gasteiger partial charge in [0.2, 0.25) is 5.91 Å². The van der Waals surface area contributed by atoms with Crippen molar-refractivity contribution in [2.45, 2.75) is 25.8 Å². The summed E-state index contributed by atoms with van der Waals surface area (Å²) in [5.74, 6) is -2.39. The van der Waals surface area contributed by atoms with E-state index in [1.807, 2.05) is 0 Å². The quantitative estimate of drug-likeness (QED) is 0.544. The van der Waals surface area contributed by atoms with Crippen molar-refractivity contribution in [1.82, 2.24) is 5.32 Å². The molecule has 0 aliphatic rings. The number of primary amides is 1. The summed E-state index contributed by atoms with van der Waals surface area (Å²) >= 11 is 0. The van der Waals surface area contributed by atoms with E-state index in [1.54, 1.807) is 25.1 Å². The molecule has 0 spiro atoms. The zero-order chi connectivity index (χ0) is 15.3. The third-order valence-electron chi connectivity index (χ3n) is 2.90. The van der Waals surface area contributed by atoms with Crippen molar-refractivity contribution in [3.8, 4) is 0 Å². The van der Waals surface area contributed by atoms with Crippen molar-refractivity contribution in [1.29, 1.82) is 0 Å². The fourth-order valence-electron chi connectivity index (χ4n) is 1.68. The van der Waals surface area contributed by atoms with E-state index in [9.17, 15) is 14.4 Å². The van der Waals surface area contributed by atoms with Crippen LogP contribution >= 0.6 is 0 Å². The molecule has 0 saturated carbocycles. The summed E-state index contributed by atoms with van der Waals surface area (Å²) in [5.41, 5.74) is 12.0. The SMILES string of the molecule is Cc1c(N)cccc1C(=O)N[C@H](CCC(N)=O)C(=O)O. The summed E-state index contributed by atoms with van der Waals surface area (Å²) in [5, 5.41) is 11.4. The van der Waals surface area contributed by atoms with Gasteiger partial charge in [-0.15, -0.1) is 0 Å². The van der Waals surface area contributed by atoms with E-state index < -0.39 is 23.8 Å². The Balaban J connectivity index is 2.83. The fourth-order valence-corrected chi connectivity index (χ4v) is 1.68. The Bertz CT molecular complexity index is 542. The third-order valence-corrected chi connectivity index (χ3v) is 2.90. The number of nitrogen functional groups attached to an aromatic ring is 1. The summed E-state index contributed by atoms with van der Waals surface area (Å²) in [7, 11) is 0. The van der Waals surface area contributed by atoms with Crippen molar-refractivity contribution in [3.63, 3.8) is 0 Å². The first-order valence-electron chi connectivity index (χ1n) is 6.00. The van der Waals surface area contributed by atoms with Crippen LogP contribution in [-0.4, -0.2) is 28.9 Å². The Morgan fingerprint density at radius 1 is 1.35 bits per heavy atom. The number of carbonyl (C=O) groups is 3. The number of rotatable bonds is 6. The van der Waals surface area contributed by atoms with Crippen LogP contribution in [0.4, 0.5) is 5.69 Å². The second-order valence-corrected chi connectivity index (χ2v) is 4.39. The van der Waals surface area contributed by atoms with E-state index in [1.165, 1.54) is 0 Å². The zero-order valence-corrected chi connectivity index (χ0v) is 11.1. The minimum atomic E-state index is -1.22. The van der Waals surface area contributed by atoms with Gasteiger partial charge in [-0.2, -0.15) is 0 Å². The van der Waals surface area contributed by atoms with Crippen LogP contribution in [0.15, 0.2) is 18.2 Å². The number of nitrogens with two attached hydrogens (primary N) is 2. The number of hydrogen-bond donors (Lipinski definition) is 4. The summed E-state index contributed by atoms with van der Waals surface area (Å²) < 4.78 is 0. The second-order valence-electron chi connectivity index (χ2n) is 4.39. The van der Waals surface area contributed by atoms with Crippen molar-refractivity contribution in [2.75, 3.05) is 5.73 Å². The van der Waals surface area contributed by atoms with E-state index in [0.29, 0.717) is 16.8 Å². The molecule has 0 unspecified atom stereocenters. The Kier molecular flexibility index (Phi) is 5.08. The lowest BCUT2D eigenvalue weighted by Crippen LogP contribution is -2.41. The lowest BCUT2D eigenvalue weighted by molar-refractivity contribution is -0.139. The maximum absolute atomic E-state index is 12.0. The van der Waals surface area contributed by atoms with Crippen LogP contribution < -0.4 is 16.8 Å². The van der Waals surface area contributed by atoms with E-state index in [2.05, 4.69) is 5.32 Å². The molecule has 108 valence electrons. The standard InChI is InChI=1S/C13H17N3O4/c1-7-8(3-2-4-9(7)14)12(18)16-10(13(19)20)5-6-11(15)17/h2-4,10H,5-6,14H2,1H3,(H2,15,17)(H,16,18)(H,19,20)/t10-/m1/s1. The number of aliphatic carboxylic acids is 1. The van der Waals surface area contributed by atoms with Gasteiger partial charge in [0.1, 0.15) is 6.04 Å². The number of hydrogen-bond acceptors (Lipinski definition) is 4. The molecule has 1 rings (SSSR count). The van der Waals surface area contributed by atoms with Crippen LogP contribution in [0.25, 0.3) is 0 Å². The largest absolute Gasteiger partial charge is 0.480 e. The molecule has 0 radical (unpaired) electrons. The van der Waals surface area contributed by atoms with Crippen molar-refractivity contribution in [3.05, 3.63) is 29.3 Å². The normalized spacial score (nSPS) is 11.7. The maximum Gasteiger partial charge on any atom is 0.326 e. The monoisotopic (exact) mass is 279 g/mol. The van der Waals surface area contributed by atoms with Crippen LogP contribution in [0.2, 0.25) is 0 Å². The molecule has 1 atom stereocenters. The highest BCUT2D eigenvalue weighted by Gasteiger charge is 2.22. The molecule has 7 heteroatoms. The number of nitrogens with one attached hydrogen (secondary N) is 1. The zero-order valence-electron chi connectivity index (χ0n) is 11.1. The molecular formula is C13H17N3O4. The van der Waals surface area contributed by atoms with Gasteiger partial charge in [0.25, 0.3) is 5.91 Å². The van der Waals surface area contributed by atoms with Crippen molar-refractivity contribution in [2.24, 2.45) is 5.73 Å². The Hall–Kier alpha value is -2.57. The number of amides is 2. The van der Waals surface area contributed by atoms with Crippen LogP contribution in [0.3, 0.4) is 0 Å². The average molecular weight is 279 g/mol. The molecule has 6 N–H and O–H groups in total. The van der Waals surface area contributed by atoms with E-state index in [-0.39, 0.29) is 12.8 Å². The smallest absolute Gasteiger partial charge is 0.326 e. The first kappa shape index (κ1) is 15.5. The number of anilines is 1. The summed E-state index contributed by atoms with van der Waals surface area (Å²) in [4.78, 5) is 33.8. The van der Waals surface area contributed by atoms with Gasteiger partial charge < -0.3 is 21.9 Å². The van der Waals surface area contributed by atoms with Gasteiger partial charge in [-0.05, 0) is 31.0 Å². The van der Waals surface area contributed by atoms with E-state index >= 15 is 0 Å². The summed E-state index contributed by atoms with van der Waals surface area (Å²) in [6, 6.07) is 3.63. The molecule has 2 amide bonds. The molecule has 1 aromatic carbocycles. The molecule has 0 heterocycles. The molecule has 0 aliphatic carbocycles. The number of carboxylic acids is 1. The summed E-state index contributed by atoms with van der Waals surface area (Å²) in [6.07, 6.45) is -0.176. The van der Waals surface area contributed by atoms with Gasteiger partial charge in [-0.1, -0.05) is 6.07 Å². The molecule has 0 fully saturated rings. The molecule has 0 bridgehead atoms. The summed E-state index contributed by atoms with van der Waals surface area (Å²) in [6.45, 7) is 1.67. The van der Waals surface area contributed by atoms with Gasteiger partial charge in [-0.3, -0.25) is 9.59 Å². The van der Waals surface area contributed by atoms with Gasteiger partial charge in [-0.25, -0.2) is 4.79 Å². The van der Waals surface area contributed by atoms with Crippen LogP contribution in [0, 0.1) is 6.92 Å². The van der Waals surface area contributed by atoms with Gasteiger partial charge in [0.05, 0.1) is 0 Å². The average Bonchev–Trinajstić information content (AvgIpc) is 2.36. The van der Waals surface area contributed by atoms with Gasteiger partial charge in [0, 0.05) is 17.7 Å². The predicted molar refractivity (Wildman–Crippen MR) is 72.9 cm³/mol. The highest BCUT2D eigenvalue weighted by Crippen LogP contribution is 2.15. The molecule has 0 aliphatic heterocycles.